The molecule has 0 spiro atoms. The summed E-state index contributed by atoms with van der Waals surface area (Å²) in [5.41, 5.74) is 8.05. The van der Waals surface area contributed by atoms with Gasteiger partial charge < -0.3 is 15.5 Å². The minimum atomic E-state index is 0.163. The third-order valence-corrected chi connectivity index (χ3v) is 3.18. The smallest absolute Gasteiger partial charge is 0.134 e. The molecule has 2 rings (SSSR count). The number of para-hydroxylation sites is 1. The van der Waals surface area contributed by atoms with Crippen molar-refractivity contribution in [3.05, 3.63) is 35.6 Å². The molecular weight excluding hydrogens is 224 g/mol. The van der Waals surface area contributed by atoms with Gasteiger partial charge >= 0.3 is 0 Å². The number of hydrogen-bond acceptors (Lipinski definition) is 3. The van der Waals surface area contributed by atoms with Crippen molar-refractivity contribution in [2.24, 2.45) is 11.7 Å². The van der Waals surface area contributed by atoms with E-state index in [2.05, 4.69) is 25.2 Å². The van der Waals surface area contributed by atoms with Crippen LogP contribution < -0.4 is 11.1 Å². The van der Waals surface area contributed by atoms with Gasteiger partial charge in [0.05, 0.1) is 0 Å². The van der Waals surface area contributed by atoms with Crippen molar-refractivity contribution in [2.75, 3.05) is 13.1 Å². The van der Waals surface area contributed by atoms with Gasteiger partial charge in [0, 0.05) is 23.5 Å². The summed E-state index contributed by atoms with van der Waals surface area (Å²) in [4.78, 5) is 0. The van der Waals surface area contributed by atoms with Crippen LogP contribution >= 0.6 is 0 Å². The highest BCUT2D eigenvalue weighted by atomic mass is 16.3. The van der Waals surface area contributed by atoms with Gasteiger partial charge in [0.25, 0.3) is 0 Å². The minimum Gasteiger partial charge on any atom is -0.461 e. The fourth-order valence-electron chi connectivity index (χ4n) is 2.30. The highest BCUT2D eigenvalue weighted by Crippen LogP contribution is 2.30. The maximum Gasteiger partial charge on any atom is 0.134 e. The summed E-state index contributed by atoms with van der Waals surface area (Å²) in [6.07, 6.45) is 0. The molecule has 1 atom stereocenters. The highest BCUT2D eigenvalue weighted by Gasteiger charge is 2.19. The molecule has 0 amide bonds. The summed E-state index contributed by atoms with van der Waals surface area (Å²) in [5.74, 6) is 1.57. The summed E-state index contributed by atoms with van der Waals surface area (Å²) in [6, 6.07) is 8.30. The molecule has 98 valence electrons. The number of benzene rings is 1. The van der Waals surface area contributed by atoms with Crippen molar-refractivity contribution in [2.45, 2.75) is 26.8 Å². The number of aryl methyl sites for hydroxylation is 1. The van der Waals surface area contributed by atoms with Crippen molar-refractivity contribution in [3.8, 4) is 0 Å². The third-order valence-electron chi connectivity index (χ3n) is 3.18. The van der Waals surface area contributed by atoms with Gasteiger partial charge in [-0.2, -0.15) is 0 Å². The first-order valence-electron chi connectivity index (χ1n) is 6.55. The van der Waals surface area contributed by atoms with Crippen LogP contribution in [0.25, 0.3) is 11.0 Å². The topological polar surface area (TPSA) is 51.2 Å². The first kappa shape index (κ1) is 13.1. The second-order valence-electron chi connectivity index (χ2n) is 5.16. The number of nitrogens with one attached hydrogen (secondary N) is 1. The molecule has 1 aromatic heterocycles. The average Bonchev–Trinajstić information content (AvgIpc) is 2.67. The number of fused-ring (bicyclic) bond motifs is 1. The van der Waals surface area contributed by atoms with Crippen molar-refractivity contribution in [1.82, 2.24) is 5.32 Å². The molecule has 3 N–H and O–H groups in total. The van der Waals surface area contributed by atoms with Gasteiger partial charge in [-0.05, 0) is 25.5 Å². The van der Waals surface area contributed by atoms with Crippen LogP contribution in [-0.4, -0.2) is 13.1 Å². The zero-order chi connectivity index (χ0) is 13.1. The Kier molecular flexibility index (Phi) is 4.04. The van der Waals surface area contributed by atoms with Crippen molar-refractivity contribution >= 4 is 11.0 Å². The molecule has 0 radical (unpaired) electrons. The van der Waals surface area contributed by atoms with Gasteiger partial charge in [-0.15, -0.1) is 0 Å². The molecule has 2 aromatic rings. The van der Waals surface area contributed by atoms with Crippen LogP contribution in [0.5, 0.6) is 0 Å². The van der Waals surface area contributed by atoms with E-state index < -0.39 is 0 Å². The zero-order valence-corrected chi connectivity index (χ0v) is 11.4. The first-order chi connectivity index (χ1) is 8.63. The quantitative estimate of drug-likeness (QED) is 0.852. The van der Waals surface area contributed by atoms with E-state index in [0.29, 0.717) is 12.5 Å². The Bertz CT molecular complexity index is 516. The number of hydrogen-bond donors (Lipinski definition) is 2. The summed E-state index contributed by atoms with van der Waals surface area (Å²) >= 11 is 0. The summed E-state index contributed by atoms with van der Waals surface area (Å²) < 4.78 is 5.79. The lowest BCUT2D eigenvalue weighted by Crippen LogP contribution is -2.31. The Balaban J connectivity index is 2.35. The lowest BCUT2D eigenvalue weighted by atomic mass is 10.0. The standard InChI is InChI=1S/C15H22N2O/c1-10(2)9-17-13(8-16)15-11(3)18-14-7-5-4-6-12(14)15/h4-7,10,13,17H,8-9,16H2,1-3H3. The normalized spacial score (nSPS) is 13.4. The second-order valence-corrected chi connectivity index (χ2v) is 5.16. The molecule has 1 unspecified atom stereocenters. The molecule has 1 heterocycles. The van der Waals surface area contributed by atoms with E-state index in [1.807, 2.05) is 25.1 Å². The van der Waals surface area contributed by atoms with Gasteiger partial charge in [0.15, 0.2) is 0 Å². The number of furan rings is 1. The van der Waals surface area contributed by atoms with Crippen LogP contribution in [0.15, 0.2) is 28.7 Å². The molecular formula is C15H22N2O. The minimum absolute atomic E-state index is 0.163. The number of rotatable bonds is 5. The molecule has 0 saturated carbocycles. The molecule has 0 bridgehead atoms. The lowest BCUT2D eigenvalue weighted by molar-refractivity contribution is 0.470. The molecule has 0 fully saturated rings. The van der Waals surface area contributed by atoms with Gasteiger partial charge in [0.2, 0.25) is 0 Å². The maximum absolute atomic E-state index is 5.91. The first-order valence-corrected chi connectivity index (χ1v) is 6.55. The van der Waals surface area contributed by atoms with Crippen molar-refractivity contribution < 1.29 is 4.42 Å². The third kappa shape index (κ3) is 2.57. The summed E-state index contributed by atoms with van der Waals surface area (Å²) in [5, 5.41) is 4.69. The summed E-state index contributed by atoms with van der Waals surface area (Å²) in [7, 11) is 0. The Morgan fingerprint density at radius 2 is 2.00 bits per heavy atom. The lowest BCUT2D eigenvalue weighted by Gasteiger charge is -2.18. The van der Waals surface area contributed by atoms with Crippen LogP contribution in [0.1, 0.15) is 31.2 Å². The van der Waals surface area contributed by atoms with Gasteiger partial charge in [-0.3, -0.25) is 0 Å². The van der Waals surface area contributed by atoms with E-state index >= 15 is 0 Å². The molecule has 3 nitrogen and oxygen atoms in total. The number of nitrogens with two attached hydrogens (primary N) is 1. The Morgan fingerprint density at radius 1 is 1.28 bits per heavy atom. The van der Waals surface area contributed by atoms with E-state index in [0.717, 1.165) is 17.9 Å². The predicted octanol–water partition coefficient (Wildman–Crippen LogP) is 2.99. The summed E-state index contributed by atoms with van der Waals surface area (Å²) in [6.45, 7) is 7.94. The molecule has 1 aromatic carbocycles. The Labute approximate surface area is 108 Å². The maximum atomic E-state index is 5.91. The van der Waals surface area contributed by atoms with Crippen molar-refractivity contribution in [1.29, 1.82) is 0 Å². The Morgan fingerprint density at radius 3 is 2.67 bits per heavy atom. The second kappa shape index (κ2) is 5.55. The fraction of sp³-hybridized carbons (Fsp3) is 0.467. The monoisotopic (exact) mass is 246 g/mol. The van der Waals surface area contributed by atoms with E-state index in [-0.39, 0.29) is 6.04 Å². The Hall–Kier alpha value is -1.32. The molecule has 18 heavy (non-hydrogen) atoms. The molecule has 0 aliphatic heterocycles. The van der Waals surface area contributed by atoms with Crippen LogP contribution in [0, 0.1) is 12.8 Å². The van der Waals surface area contributed by atoms with Crippen LogP contribution in [0.4, 0.5) is 0 Å². The van der Waals surface area contributed by atoms with E-state index in [9.17, 15) is 0 Å². The van der Waals surface area contributed by atoms with Gasteiger partial charge in [-0.1, -0.05) is 32.0 Å². The van der Waals surface area contributed by atoms with Crippen LogP contribution in [-0.2, 0) is 0 Å². The fourth-order valence-corrected chi connectivity index (χ4v) is 2.30. The predicted molar refractivity (Wildman–Crippen MR) is 75.6 cm³/mol. The van der Waals surface area contributed by atoms with Crippen LogP contribution in [0.2, 0.25) is 0 Å². The van der Waals surface area contributed by atoms with Gasteiger partial charge in [-0.25, -0.2) is 0 Å². The zero-order valence-electron chi connectivity index (χ0n) is 11.4. The average molecular weight is 246 g/mol. The van der Waals surface area contributed by atoms with E-state index in [4.69, 9.17) is 10.2 Å². The largest absolute Gasteiger partial charge is 0.461 e. The molecule has 0 saturated heterocycles. The van der Waals surface area contributed by atoms with Crippen molar-refractivity contribution in [3.63, 3.8) is 0 Å². The highest BCUT2D eigenvalue weighted by molar-refractivity contribution is 5.82. The van der Waals surface area contributed by atoms with E-state index in [1.54, 1.807) is 0 Å². The molecule has 3 heteroatoms. The molecule has 0 aliphatic rings. The van der Waals surface area contributed by atoms with Crippen LogP contribution in [0.3, 0.4) is 0 Å². The molecule has 0 aliphatic carbocycles. The van der Waals surface area contributed by atoms with Gasteiger partial charge in [0.1, 0.15) is 11.3 Å². The van der Waals surface area contributed by atoms with E-state index in [1.165, 1.54) is 10.9 Å². The SMILES string of the molecule is Cc1oc2ccccc2c1C(CN)NCC(C)C.